The lowest BCUT2D eigenvalue weighted by Gasteiger charge is -2.16. The van der Waals surface area contributed by atoms with Crippen LogP contribution in [0.15, 0.2) is 32.5 Å². The highest BCUT2D eigenvalue weighted by molar-refractivity contribution is 9.11. The van der Waals surface area contributed by atoms with E-state index in [1.54, 1.807) is 12.1 Å². The molecule has 0 aliphatic carbocycles. The zero-order valence-corrected chi connectivity index (χ0v) is 13.6. The van der Waals surface area contributed by atoms with Gasteiger partial charge in [0.15, 0.2) is 0 Å². The highest BCUT2D eigenvalue weighted by atomic mass is 79.9. The van der Waals surface area contributed by atoms with Gasteiger partial charge < -0.3 is 0 Å². The van der Waals surface area contributed by atoms with Crippen molar-refractivity contribution in [3.05, 3.63) is 53.8 Å². The Balaban J connectivity index is 2.49. The fourth-order valence-corrected chi connectivity index (χ4v) is 3.55. The molecule has 18 heavy (non-hydrogen) atoms. The highest BCUT2D eigenvalue weighted by Crippen LogP contribution is 2.35. The van der Waals surface area contributed by atoms with Gasteiger partial charge in [-0.1, -0.05) is 17.7 Å². The van der Waals surface area contributed by atoms with Gasteiger partial charge in [0.25, 0.3) is 0 Å². The average molecular weight is 415 g/mol. The first-order chi connectivity index (χ1) is 8.54. The molecule has 0 spiro atoms. The van der Waals surface area contributed by atoms with Crippen LogP contribution in [0.5, 0.6) is 0 Å². The molecule has 1 aromatic carbocycles. The molecule has 0 fully saturated rings. The van der Waals surface area contributed by atoms with Gasteiger partial charge in [-0.2, -0.15) is 0 Å². The number of thiophene rings is 1. The first-order valence-electron chi connectivity index (χ1n) is 4.89. The van der Waals surface area contributed by atoms with E-state index in [0.29, 0.717) is 10.0 Å². The molecule has 1 atom stereocenters. The van der Waals surface area contributed by atoms with Crippen LogP contribution in [0.3, 0.4) is 0 Å². The maximum absolute atomic E-state index is 14.1. The largest absolute Gasteiger partial charge is 0.271 e. The molecule has 2 nitrogen and oxygen atoms in total. The fraction of sp³-hybridized carbons (Fsp3) is 0.0909. The molecular formula is C11H8Br2ClFN2S. The number of benzene rings is 1. The molecule has 96 valence electrons. The Morgan fingerprint density at radius 3 is 2.56 bits per heavy atom. The topological polar surface area (TPSA) is 38.0 Å². The zero-order valence-electron chi connectivity index (χ0n) is 8.88. The Kier molecular flexibility index (Phi) is 4.80. The van der Waals surface area contributed by atoms with Gasteiger partial charge in [-0.05, 0) is 50.1 Å². The van der Waals surface area contributed by atoms with E-state index in [0.717, 1.165) is 8.66 Å². The van der Waals surface area contributed by atoms with Gasteiger partial charge in [-0.15, -0.1) is 11.3 Å². The molecule has 0 amide bonds. The fourth-order valence-electron chi connectivity index (χ4n) is 1.57. The van der Waals surface area contributed by atoms with E-state index in [4.69, 9.17) is 17.4 Å². The van der Waals surface area contributed by atoms with E-state index in [1.807, 2.05) is 12.1 Å². The molecular weight excluding hydrogens is 406 g/mol. The third-order valence-corrected chi connectivity index (χ3v) is 5.37. The van der Waals surface area contributed by atoms with E-state index in [2.05, 4.69) is 37.3 Å². The van der Waals surface area contributed by atoms with E-state index in [9.17, 15) is 4.39 Å². The summed E-state index contributed by atoms with van der Waals surface area (Å²) in [5.74, 6) is 5.05. The van der Waals surface area contributed by atoms with Crippen molar-refractivity contribution < 1.29 is 4.39 Å². The van der Waals surface area contributed by atoms with E-state index in [-0.39, 0.29) is 5.02 Å². The van der Waals surface area contributed by atoms with E-state index < -0.39 is 11.9 Å². The molecule has 7 heteroatoms. The Bertz CT molecular complexity index is 576. The molecule has 0 saturated heterocycles. The molecule has 0 radical (unpaired) electrons. The predicted octanol–water partition coefficient (Wildman–Crippen LogP) is 4.62. The number of hydrazine groups is 1. The summed E-state index contributed by atoms with van der Waals surface area (Å²) in [6, 6.07) is 6.71. The second kappa shape index (κ2) is 5.98. The van der Waals surface area contributed by atoms with Crippen LogP contribution in [-0.4, -0.2) is 0 Å². The SMILES string of the molecule is NNC(c1ccc(Br)s1)c1ccc(Br)c(Cl)c1F. The van der Waals surface area contributed by atoms with E-state index >= 15 is 0 Å². The van der Waals surface area contributed by atoms with Crippen molar-refractivity contribution in [2.24, 2.45) is 5.84 Å². The van der Waals surface area contributed by atoms with Gasteiger partial charge in [0, 0.05) is 14.9 Å². The van der Waals surface area contributed by atoms with Gasteiger partial charge in [-0.3, -0.25) is 5.84 Å². The summed E-state index contributed by atoms with van der Waals surface area (Å²) in [5.41, 5.74) is 3.03. The number of hydrogen-bond acceptors (Lipinski definition) is 3. The number of halogens is 4. The zero-order chi connectivity index (χ0) is 13.3. The van der Waals surface area contributed by atoms with Crippen LogP contribution in [0.4, 0.5) is 4.39 Å². The first-order valence-corrected chi connectivity index (χ1v) is 7.67. The van der Waals surface area contributed by atoms with Crippen molar-refractivity contribution in [1.82, 2.24) is 5.43 Å². The summed E-state index contributed by atoms with van der Waals surface area (Å²) in [4.78, 5) is 0.904. The van der Waals surface area contributed by atoms with Gasteiger partial charge in [-0.25, -0.2) is 9.82 Å². The van der Waals surface area contributed by atoms with Crippen LogP contribution in [0.1, 0.15) is 16.5 Å². The monoisotopic (exact) mass is 412 g/mol. The average Bonchev–Trinajstić information content (AvgIpc) is 2.77. The van der Waals surface area contributed by atoms with Gasteiger partial charge >= 0.3 is 0 Å². The second-order valence-corrected chi connectivity index (χ2v) is 7.23. The van der Waals surface area contributed by atoms with Crippen LogP contribution in [0.2, 0.25) is 5.02 Å². The van der Waals surface area contributed by atoms with Gasteiger partial charge in [0.2, 0.25) is 0 Å². The molecule has 2 rings (SSSR count). The van der Waals surface area contributed by atoms with Crippen molar-refractivity contribution >= 4 is 54.8 Å². The van der Waals surface area contributed by atoms with Crippen molar-refractivity contribution in [3.8, 4) is 0 Å². The highest BCUT2D eigenvalue weighted by Gasteiger charge is 2.21. The lowest BCUT2D eigenvalue weighted by molar-refractivity contribution is 0.564. The molecule has 3 N–H and O–H groups in total. The second-order valence-electron chi connectivity index (χ2n) is 3.51. The number of nitrogens with two attached hydrogens (primary N) is 1. The van der Waals surface area contributed by atoms with Crippen LogP contribution < -0.4 is 11.3 Å². The quantitative estimate of drug-likeness (QED) is 0.437. The molecule has 0 saturated carbocycles. The summed E-state index contributed by atoms with van der Waals surface area (Å²) >= 11 is 13.9. The minimum Gasteiger partial charge on any atom is -0.271 e. The van der Waals surface area contributed by atoms with E-state index in [1.165, 1.54) is 11.3 Å². The third kappa shape index (κ3) is 2.79. The summed E-state index contributed by atoms with van der Waals surface area (Å²) in [7, 11) is 0. The Labute approximate surface area is 130 Å². The Morgan fingerprint density at radius 2 is 2.00 bits per heavy atom. The molecule has 1 unspecified atom stereocenters. The summed E-state index contributed by atoms with van der Waals surface area (Å²) in [6.07, 6.45) is 0. The standard InChI is InChI=1S/C11H8Br2ClFN2S/c12-6-2-1-5(10(15)9(6)14)11(17-16)7-3-4-8(13)18-7/h1-4,11,17H,16H2. The maximum Gasteiger partial charge on any atom is 0.148 e. The number of hydrogen-bond donors (Lipinski definition) is 2. The minimum absolute atomic E-state index is 0.0587. The maximum atomic E-state index is 14.1. The molecule has 1 heterocycles. The van der Waals surface area contributed by atoms with Crippen molar-refractivity contribution in [1.29, 1.82) is 0 Å². The summed E-state index contributed by atoms with van der Waals surface area (Å²) in [5, 5.41) is 0.0587. The van der Waals surface area contributed by atoms with Crippen molar-refractivity contribution in [2.75, 3.05) is 0 Å². The molecule has 1 aromatic heterocycles. The van der Waals surface area contributed by atoms with Crippen LogP contribution in [-0.2, 0) is 0 Å². The number of nitrogens with one attached hydrogen (secondary N) is 1. The number of rotatable bonds is 3. The Hall–Kier alpha value is 0.0200. The summed E-state index contributed by atoms with van der Waals surface area (Å²) in [6.45, 7) is 0. The lowest BCUT2D eigenvalue weighted by atomic mass is 10.1. The van der Waals surface area contributed by atoms with Crippen molar-refractivity contribution in [2.45, 2.75) is 6.04 Å². The molecule has 0 aliphatic rings. The van der Waals surface area contributed by atoms with Crippen LogP contribution in [0.25, 0.3) is 0 Å². The first kappa shape index (κ1) is 14.4. The molecule has 0 aliphatic heterocycles. The Morgan fingerprint density at radius 1 is 1.28 bits per heavy atom. The molecule has 2 aromatic rings. The third-order valence-electron chi connectivity index (χ3n) is 2.42. The van der Waals surface area contributed by atoms with Crippen LogP contribution in [0, 0.1) is 5.82 Å². The van der Waals surface area contributed by atoms with Crippen molar-refractivity contribution in [3.63, 3.8) is 0 Å². The molecule has 0 bridgehead atoms. The van der Waals surface area contributed by atoms with Gasteiger partial charge in [0.05, 0.1) is 14.9 Å². The smallest absolute Gasteiger partial charge is 0.148 e. The lowest BCUT2D eigenvalue weighted by Crippen LogP contribution is -2.29. The summed E-state index contributed by atoms with van der Waals surface area (Å²) < 4.78 is 15.6. The van der Waals surface area contributed by atoms with Gasteiger partial charge in [0.1, 0.15) is 5.82 Å². The minimum atomic E-state index is -0.474. The predicted molar refractivity (Wildman–Crippen MR) is 80.3 cm³/mol. The normalized spacial score (nSPS) is 12.7. The van der Waals surface area contributed by atoms with Crippen LogP contribution >= 0.6 is 54.8 Å².